The van der Waals surface area contributed by atoms with Crippen molar-refractivity contribution in [2.75, 3.05) is 6.54 Å². The molecule has 5 nitrogen and oxygen atoms in total. The smallest absolute Gasteiger partial charge is 0.272 e. The quantitative estimate of drug-likeness (QED) is 0.878. The Morgan fingerprint density at radius 2 is 2.21 bits per heavy atom. The second kappa shape index (κ2) is 7.45. The zero-order valence-corrected chi connectivity index (χ0v) is 14.4. The number of amides is 1. The maximum absolute atomic E-state index is 12.2. The van der Waals surface area contributed by atoms with Gasteiger partial charge in [0.15, 0.2) is 5.69 Å². The van der Waals surface area contributed by atoms with E-state index in [9.17, 15) is 4.79 Å². The number of nitrogens with two attached hydrogens (primary N) is 1. The van der Waals surface area contributed by atoms with Crippen LogP contribution in [0.2, 0.25) is 0 Å². The van der Waals surface area contributed by atoms with Crippen LogP contribution in [0.25, 0.3) is 0 Å². The van der Waals surface area contributed by atoms with E-state index in [-0.39, 0.29) is 17.4 Å². The van der Waals surface area contributed by atoms with Gasteiger partial charge in [0.05, 0.1) is 0 Å². The Balaban J connectivity index is 1.59. The van der Waals surface area contributed by atoms with Crippen LogP contribution in [0.4, 0.5) is 0 Å². The molecule has 0 aliphatic heterocycles. The minimum absolute atomic E-state index is 0.0820. The zero-order chi connectivity index (χ0) is 17.0. The summed E-state index contributed by atoms with van der Waals surface area (Å²) in [7, 11) is 0. The molecule has 1 aromatic heterocycles. The first-order chi connectivity index (χ1) is 11.6. The van der Waals surface area contributed by atoms with Crippen LogP contribution in [-0.4, -0.2) is 28.7 Å². The predicted molar refractivity (Wildman–Crippen MR) is 94.4 cm³/mol. The lowest BCUT2D eigenvalue weighted by molar-refractivity contribution is 0.0848. The van der Waals surface area contributed by atoms with Crippen molar-refractivity contribution in [3.05, 3.63) is 47.3 Å². The fourth-order valence-corrected chi connectivity index (χ4v) is 4.05. The van der Waals surface area contributed by atoms with Crippen molar-refractivity contribution in [2.24, 2.45) is 17.1 Å². The van der Waals surface area contributed by atoms with Crippen LogP contribution in [-0.2, 0) is 0 Å². The predicted octanol–water partition coefficient (Wildman–Crippen LogP) is 2.79. The van der Waals surface area contributed by atoms with E-state index < -0.39 is 0 Å². The highest BCUT2D eigenvalue weighted by Gasteiger charge is 2.40. The first kappa shape index (κ1) is 17.1. The lowest BCUT2D eigenvalue weighted by Gasteiger charge is -2.44. The van der Waals surface area contributed by atoms with Gasteiger partial charge in [-0.05, 0) is 68.2 Å². The lowest BCUT2D eigenvalue weighted by atomic mass is 9.63. The van der Waals surface area contributed by atoms with Crippen LogP contribution >= 0.6 is 11.6 Å². The number of hydrogen-bond acceptors (Lipinski definition) is 4. The number of allylic oxidation sites excluding steroid dienone is 4. The number of rotatable bonds is 4. The van der Waals surface area contributed by atoms with E-state index in [1.54, 1.807) is 18.3 Å². The molecule has 1 aromatic rings. The summed E-state index contributed by atoms with van der Waals surface area (Å²) < 4.78 is 0. The van der Waals surface area contributed by atoms with Gasteiger partial charge in [-0.15, -0.1) is 5.10 Å². The van der Waals surface area contributed by atoms with Crippen molar-refractivity contribution in [3.8, 4) is 0 Å². The summed E-state index contributed by atoms with van der Waals surface area (Å²) >= 11 is 6.21. The summed E-state index contributed by atoms with van der Waals surface area (Å²) in [4.78, 5) is 12.2. The van der Waals surface area contributed by atoms with Gasteiger partial charge < -0.3 is 11.1 Å². The Labute approximate surface area is 147 Å². The number of hydrogen-bond donors (Lipinski definition) is 2. The molecule has 1 fully saturated rings. The highest BCUT2D eigenvalue weighted by Crippen LogP contribution is 2.46. The van der Waals surface area contributed by atoms with E-state index >= 15 is 0 Å². The molecular formula is C18H23ClN4O. The third-order valence-electron chi connectivity index (χ3n) is 5.35. The number of halogens is 1. The number of carbonyl (C=O) groups excluding carboxylic acids is 1. The Kier molecular flexibility index (Phi) is 5.31. The molecule has 0 spiro atoms. The van der Waals surface area contributed by atoms with Crippen LogP contribution in [0.3, 0.4) is 0 Å². The molecule has 2 aliphatic rings. The van der Waals surface area contributed by atoms with Gasteiger partial charge in [-0.1, -0.05) is 23.8 Å². The average molecular weight is 347 g/mol. The molecule has 2 aliphatic carbocycles. The Bertz CT molecular complexity index is 636. The molecule has 3 N–H and O–H groups in total. The van der Waals surface area contributed by atoms with Gasteiger partial charge in [0.1, 0.15) is 0 Å². The second-order valence-corrected chi connectivity index (χ2v) is 7.22. The maximum atomic E-state index is 12.2. The highest BCUT2D eigenvalue weighted by atomic mass is 35.5. The second-order valence-electron chi connectivity index (χ2n) is 6.73. The minimum atomic E-state index is -0.156. The van der Waals surface area contributed by atoms with Crippen molar-refractivity contribution >= 4 is 17.5 Å². The SMILES string of the molecule is NCC1(C2C=CC=C(Cl)C2)CCC(NC(=O)c2cccnn2)CC1. The van der Waals surface area contributed by atoms with Crippen LogP contribution in [0.1, 0.15) is 42.6 Å². The monoisotopic (exact) mass is 346 g/mol. The van der Waals surface area contributed by atoms with E-state index in [0.717, 1.165) is 37.1 Å². The first-order valence-electron chi connectivity index (χ1n) is 8.44. The van der Waals surface area contributed by atoms with Gasteiger partial charge in [0, 0.05) is 17.3 Å². The molecule has 1 amide bonds. The number of aromatic nitrogens is 2. The van der Waals surface area contributed by atoms with Gasteiger partial charge in [-0.2, -0.15) is 5.10 Å². The summed E-state index contributed by atoms with van der Waals surface area (Å²) in [5.41, 5.74) is 6.59. The molecule has 0 radical (unpaired) electrons. The van der Waals surface area contributed by atoms with E-state index in [1.165, 1.54) is 0 Å². The summed E-state index contributed by atoms with van der Waals surface area (Å²) in [6.45, 7) is 0.650. The average Bonchev–Trinajstić information content (AvgIpc) is 2.63. The third kappa shape index (κ3) is 3.68. The fourth-order valence-electron chi connectivity index (χ4n) is 3.81. The van der Waals surface area contributed by atoms with Crippen LogP contribution in [0.5, 0.6) is 0 Å². The minimum Gasteiger partial charge on any atom is -0.348 e. The molecule has 1 atom stereocenters. The lowest BCUT2D eigenvalue weighted by Crippen LogP contribution is -2.46. The maximum Gasteiger partial charge on any atom is 0.272 e. The zero-order valence-electron chi connectivity index (χ0n) is 13.6. The largest absolute Gasteiger partial charge is 0.348 e. The molecule has 0 saturated heterocycles. The number of carbonyl (C=O) groups is 1. The normalized spacial score (nSPS) is 29.8. The molecule has 1 heterocycles. The van der Waals surface area contributed by atoms with Crippen molar-refractivity contribution in [3.63, 3.8) is 0 Å². The molecule has 1 saturated carbocycles. The van der Waals surface area contributed by atoms with Gasteiger partial charge in [0.2, 0.25) is 0 Å². The van der Waals surface area contributed by atoms with Gasteiger partial charge in [-0.25, -0.2) is 0 Å². The Morgan fingerprint density at radius 1 is 1.42 bits per heavy atom. The summed E-state index contributed by atoms with van der Waals surface area (Å²) in [5.74, 6) is 0.230. The summed E-state index contributed by atoms with van der Waals surface area (Å²) in [5, 5.41) is 11.6. The third-order valence-corrected chi connectivity index (χ3v) is 5.63. The summed E-state index contributed by atoms with van der Waals surface area (Å²) in [6.07, 6.45) is 12.5. The highest BCUT2D eigenvalue weighted by molar-refractivity contribution is 6.29. The van der Waals surface area contributed by atoms with Crippen molar-refractivity contribution < 1.29 is 4.79 Å². The van der Waals surface area contributed by atoms with E-state index in [0.29, 0.717) is 18.2 Å². The molecule has 128 valence electrons. The molecule has 0 bridgehead atoms. The number of nitrogens with one attached hydrogen (secondary N) is 1. The first-order valence-corrected chi connectivity index (χ1v) is 8.82. The number of nitrogens with zero attached hydrogens (tertiary/aromatic N) is 2. The van der Waals surface area contributed by atoms with Gasteiger partial charge in [-0.3, -0.25) is 4.79 Å². The van der Waals surface area contributed by atoms with E-state index in [1.807, 2.05) is 12.2 Å². The molecule has 0 aromatic carbocycles. The Morgan fingerprint density at radius 3 is 2.83 bits per heavy atom. The van der Waals surface area contributed by atoms with Crippen molar-refractivity contribution in [1.29, 1.82) is 0 Å². The fraction of sp³-hybridized carbons (Fsp3) is 0.500. The van der Waals surface area contributed by atoms with Crippen molar-refractivity contribution in [2.45, 2.75) is 38.1 Å². The molecule has 1 unspecified atom stereocenters. The molecule has 24 heavy (non-hydrogen) atoms. The molecule has 6 heteroatoms. The topological polar surface area (TPSA) is 80.9 Å². The van der Waals surface area contributed by atoms with Crippen LogP contribution < -0.4 is 11.1 Å². The molecular weight excluding hydrogens is 324 g/mol. The van der Waals surface area contributed by atoms with E-state index in [2.05, 4.69) is 21.6 Å². The standard InChI is InChI=1S/C18H23ClN4O/c19-14-4-1-3-13(11-14)18(12-20)8-6-15(7-9-18)22-17(24)16-5-2-10-21-23-16/h1-5,10,13,15H,6-9,11-12,20H2,(H,22,24). The Hall–Kier alpha value is -1.72. The summed E-state index contributed by atoms with van der Waals surface area (Å²) in [6, 6.07) is 3.56. The van der Waals surface area contributed by atoms with Crippen LogP contribution in [0.15, 0.2) is 41.6 Å². The van der Waals surface area contributed by atoms with Crippen LogP contribution in [0, 0.1) is 11.3 Å². The van der Waals surface area contributed by atoms with Crippen molar-refractivity contribution in [1.82, 2.24) is 15.5 Å². The van der Waals surface area contributed by atoms with Gasteiger partial charge >= 0.3 is 0 Å². The molecule has 3 rings (SSSR count). The van der Waals surface area contributed by atoms with Gasteiger partial charge in [0.25, 0.3) is 5.91 Å². The van der Waals surface area contributed by atoms with E-state index in [4.69, 9.17) is 17.3 Å².